The van der Waals surface area contributed by atoms with Crippen LogP contribution in [0.25, 0.3) is 0 Å². The second-order valence-electron chi connectivity index (χ2n) is 5.82. The summed E-state index contributed by atoms with van der Waals surface area (Å²) in [6, 6.07) is 5.85. The van der Waals surface area contributed by atoms with Crippen molar-refractivity contribution in [1.29, 1.82) is 0 Å². The van der Waals surface area contributed by atoms with Gasteiger partial charge in [0.2, 0.25) is 5.91 Å². The van der Waals surface area contributed by atoms with Crippen molar-refractivity contribution in [3.05, 3.63) is 29.6 Å². The van der Waals surface area contributed by atoms with E-state index in [1.54, 1.807) is 6.07 Å². The normalized spacial score (nSPS) is 17.6. The van der Waals surface area contributed by atoms with Crippen LogP contribution < -0.4 is 15.4 Å². The van der Waals surface area contributed by atoms with E-state index < -0.39 is 0 Å². The first kappa shape index (κ1) is 14.3. The molecule has 3 rings (SSSR count). The molecule has 1 aromatic carbocycles. The van der Waals surface area contributed by atoms with E-state index in [1.165, 1.54) is 18.9 Å². The Bertz CT molecular complexity index is 513. The molecule has 0 radical (unpaired) electrons. The summed E-state index contributed by atoms with van der Waals surface area (Å²) in [6.45, 7) is 0.807. The lowest BCUT2D eigenvalue weighted by Gasteiger charge is -2.13. The van der Waals surface area contributed by atoms with Crippen LogP contribution in [0.15, 0.2) is 18.2 Å². The smallest absolute Gasteiger partial charge is 0.223 e. The van der Waals surface area contributed by atoms with Gasteiger partial charge in [0.05, 0.1) is 13.0 Å². The van der Waals surface area contributed by atoms with E-state index >= 15 is 0 Å². The summed E-state index contributed by atoms with van der Waals surface area (Å²) >= 11 is 0. The van der Waals surface area contributed by atoms with Crippen molar-refractivity contribution in [1.82, 2.24) is 10.6 Å². The van der Waals surface area contributed by atoms with Crippen molar-refractivity contribution >= 4 is 5.91 Å². The molecule has 0 aliphatic heterocycles. The topological polar surface area (TPSA) is 50.4 Å². The average molecular weight is 292 g/mol. The molecule has 0 atom stereocenters. The fraction of sp³-hybridized carbons (Fsp3) is 0.562. The highest BCUT2D eigenvalue weighted by molar-refractivity contribution is 5.76. The van der Waals surface area contributed by atoms with Gasteiger partial charge in [-0.1, -0.05) is 12.1 Å². The van der Waals surface area contributed by atoms with E-state index in [9.17, 15) is 9.18 Å². The number of ether oxygens (including phenoxy) is 1. The van der Waals surface area contributed by atoms with Gasteiger partial charge in [0.15, 0.2) is 11.6 Å². The van der Waals surface area contributed by atoms with E-state index in [2.05, 4.69) is 10.6 Å². The molecule has 21 heavy (non-hydrogen) atoms. The summed E-state index contributed by atoms with van der Waals surface area (Å²) in [6.07, 6.45) is 4.77. The molecule has 2 aliphatic carbocycles. The van der Waals surface area contributed by atoms with Gasteiger partial charge in [-0.3, -0.25) is 4.79 Å². The number of carbonyl (C=O) groups excluding carboxylic acids is 1. The van der Waals surface area contributed by atoms with Crippen LogP contribution in [0.1, 0.15) is 37.7 Å². The minimum Gasteiger partial charge on any atom is -0.490 e. The van der Waals surface area contributed by atoms with Crippen LogP contribution in [0, 0.1) is 5.82 Å². The summed E-state index contributed by atoms with van der Waals surface area (Å²) < 4.78 is 19.4. The molecule has 2 saturated carbocycles. The molecule has 2 fully saturated rings. The Kier molecular flexibility index (Phi) is 4.39. The molecular formula is C16H21FN2O2. The number of benzene rings is 1. The summed E-state index contributed by atoms with van der Waals surface area (Å²) in [7, 11) is 0. The van der Waals surface area contributed by atoms with Crippen molar-refractivity contribution in [2.75, 3.05) is 6.61 Å². The highest BCUT2D eigenvalue weighted by atomic mass is 19.1. The van der Waals surface area contributed by atoms with Gasteiger partial charge in [-0.05, 0) is 31.7 Å². The zero-order valence-corrected chi connectivity index (χ0v) is 12.0. The Morgan fingerprint density at radius 2 is 2.00 bits per heavy atom. The highest BCUT2D eigenvalue weighted by Gasteiger charge is 2.23. The van der Waals surface area contributed by atoms with Gasteiger partial charge in [0, 0.05) is 24.2 Å². The number of halogens is 1. The third-order valence-electron chi connectivity index (χ3n) is 3.73. The minimum atomic E-state index is -0.368. The van der Waals surface area contributed by atoms with Crippen LogP contribution in [0.3, 0.4) is 0 Å². The van der Waals surface area contributed by atoms with E-state index in [-0.39, 0.29) is 30.5 Å². The van der Waals surface area contributed by atoms with Gasteiger partial charge >= 0.3 is 0 Å². The highest BCUT2D eigenvalue weighted by Crippen LogP contribution is 2.25. The standard InChI is InChI=1S/C16H21FN2O2/c17-14-3-1-2-11(10-18-12-4-5-12)16(14)21-9-8-15(20)19-13-6-7-13/h1-3,12-13,18H,4-10H2,(H,19,20). The Morgan fingerprint density at radius 3 is 2.71 bits per heavy atom. The Morgan fingerprint density at radius 1 is 1.24 bits per heavy atom. The average Bonchev–Trinajstić information content (AvgIpc) is 3.33. The third-order valence-corrected chi connectivity index (χ3v) is 3.73. The minimum absolute atomic E-state index is 0.0218. The number of amides is 1. The predicted molar refractivity (Wildman–Crippen MR) is 77.5 cm³/mol. The number of rotatable bonds is 8. The SMILES string of the molecule is O=C(CCOc1c(F)cccc1CNC1CC1)NC1CC1. The number of carbonyl (C=O) groups is 1. The predicted octanol–water partition coefficient (Wildman–Crippen LogP) is 2.13. The molecule has 5 heteroatoms. The largest absolute Gasteiger partial charge is 0.490 e. The molecule has 1 amide bonds. The third kappa shape index (κ3) is 4.43. The Balaban J connectivity index is 1.50. The van der Waals surface area contributed by atoms with Gasteiger partial charge in [0.25, 0.3) is 0 Å². The molecule has 0 bridgehead atoms. The van der Waals surface area contributed by atoms with E-state index in [1.807, 2.05) is 6.07 Å². The molecule has 114 valence electrons. The van der Waals surface area contributed by atoms with Crippen LogP contribution in [0.5, 0.6) is 5.75 Å². The van der Waals surface area contributed by atoms with E-state index in [0.29, 0.717) is 18.6 Å². The van der Waals surface area contributed by atoms with Gasteiger partial charge in [0.1, 0.15) is 0 Å². The number of para-hydroxylation sites is 1. The Labute approximate surface area is 124 Å². The molecule has 2 N–H and O–H groups in total. The first-order valence-electron chi connectivity index (χ1n) is 7.65. The summed E-state index contributed by atoms with van der Waals surface area (Å²) in [5, 5.41) is 6.24. The van der Waals surface area contributed by atoms with Crippen LogP contribution in [-0.4, -0.2) is 24.6 Å². The van der Waals surface area contributed by atoms with Crippen molar-refractivity contribution < 1.29 is 13.9 Å². The zero-order valence-electron chi connectivity index (χ0n) is 12.0. The molecule has 0 heterocycles. The molecule has 0 aromatic heterocycles. The monoisotopic (exact) mass is 292 g/mol. The van der Waals surface area contributed by atoms with E-state index in [4.69, 9.17) is 4.74 Å². The molecular weight excluding hydrogens is 271 g/mol. The molecule has 0 unspecified atom stereocenters. The molecule has 1 aromatic rings. The number of nitrogens with one attached hydrogen (secondary N) is 2. The molecule has 0 spiro atoms. The van der Waals surface area contributed by atoms with Gasteiger partial charge in [-0.15, -0.1) is 0 Å². The summed E-state index contributed by atoms with van der Waals surface area (Å²) in [5.41, 5.74) is 0.810. The van der Waals surface area contributed by atoms with E-state index in [0.717, 1.165) is 18.4 Å². The van der Waals surface area contributed by atoms with Crippen molar-refractivity contribution in [2.24, 2.45) is 0 Å². The van der Waals surface area contributed by atoms with Crippen LogP contribution in [0.2, 0.25) is 0 Å². The van der Waals surface area contributed by atoms with Crippen molar-refractivity contribution in [2.45, 2.75) is 50.7 Å². The number of hydrogen-bond acceptors (Lipinski definition) is 3. The summed E-state index contributed by atoms with van der Waals surface area (Å²) in [5.74, 6) is -0.121. The lowest BCUT2D eigenvalue weighted by Crippen LogP contribution is -2.27. The second-order valence-corrected chi connectivity index (χ2v) is 5.82. The number of hydrogen-bond donors (Lipinski definition) is 2. The second kappa shape index (κ2) is 6.43. The molecule has 4 nitrogen and oxygen atoms in total. The lowest BCUT2D eigenvalue weighted by molar-refractivity contribution is -0.121. The zero-order chi connectivity index (χ0) is 14.7. The fourth-order valence-corrected chi connectivity index (χ4v) is 2.17. The van der Waals surface area contributed by atoms with Gasteiger partial charge in [-0.25, -0.2) is 4.39 Å². The maximum absolute atomic E-state index is 13.9. The molecule has 2 aliphatic rings. The van der Waals surface area contributed by atoms with Gasteiger partial charge in [-0.2, -0.15) is 0 Å². The van der Waals surface area contributed by atoms with Crippen LogP contribution in [-0.2, 0) is 11.3 Å². The first-order chi connectivity index (χ1) is 10.2. The van der Waals surface area contributed by atoms with Crippen LogP contribution >= 0.6 is 0 Å². The van der Waals surface area contributed by atoms with Crippen molar-refractivity contribution in [3.63, 3.8) is 0 Å². The maximum atomic E-state index is 13.9. The molecule has 0 saturated heterocycles. The van der Waals surface area contributed by atoms with Gasteiger partial charge < -0.3 is 15.4 Å². The summed E-state index contributed by atoms with van der Waals surface area (Å²) in [4.78, 5) is 11.6. The fourth-order valence-electron chi connectivity index (χ4n) is 2.17. The lowest BCUT2D eigenvalue weighted by atomic mass is 10.2. The van der Waals surface area contributed by atoms with Crippen molar-refractivity contribution in [3.8, 4) is 5.75 Å². The maximum Gasteiger partial charge on any atom is 0.223 e. The first-order valence-corrected chi connectivity index (χ1v) is 7.65. The quantitative estimate of drug-likeness (QED) is 0.771. The van der Waals surface area contributed by atoms with Crippen LogP contribution in [0.4, 0.5) is 4.39 Å². The Hall–Kier alpha value is -1.62.